The Morgan fingerprint density at radius 2 is 2.05 bits per heavy atom. The van der Waals surface area contributed by atoms with Gasteiger partial charge in [-0.05, 0) is 67.3 Å². The molecule has 1 heterocycles. The molecule has 2 heteroatoms. The fraction of sp³-hybridized carbons (Fsp3) is 0.750. The smallest absolute Gasteiger partial charge is 0.331 e. The molecule has 0 radical (unpaired) electrons. The maximum atomic E-state index is 11.2. The van der Waals surface area contributed by atoms with Crippen LogP contribution in [-0.2, 0) is 9.53 Å². The Labute approximate surface area is 135 Å². The van der Waals surface area contributed by atoms with E-state index in [9.17, 15) is 4.79 Å². The van der Waals surface area contributed by atoms with Crippen LogP contribution in [0.1, 0.15) is 66.2 Å². The van der Waals surface area contributed by atoms with Crippen molar-refractivity contribution in [1.29, 1.82) is 0 Å². The molecule has 0 saturated heterocycles. The van der Waals surface area contributed by atoms with Gasteiger partial charge in [0.15, 0.2) is 0 Å². The highest BCUT2D eigenvalue weighted by Crippen LogP contribution is 2.60. The molecule has 2 aliphatic carbocycles. The van der Waals surface area contributed by atoms with E-state index < -0.39 is 0 Å². The molecule has 22 heavy (non-hydrogen) atoms. The minimum Gasteiger partial charge on any atom is -0.458 e. The van der Waals surface area contributed by atoms with E-state index in [4.69, 9.17) is 4.74 Å². The van der Waals surface area contributed by atoms with Crippen LogP contribution in [0.15, 0.2) is 23.3 Å². The zero-order valence-electron chi connectivity index (χ0n) is 14.6. The molecule has 0 amide bonds. The minimum absolute atomic E-state index is 0.159. The first-order valence-electron chi connectivity index (χ1n) is 8.86. The first-order chi connectivity index (χ1) is 10.3. The molecule has 3 aliphatic rings. The Balaban J connectivity index is 1.79. The van der Waals surface area contributed by atoms with Gasteiger partial charge >= 0.3 is 5.97 Å². The molecule has 0 aromatic heterocycles. The summed E-state index contributed by atoms with van der Waals surface area (Å²) in [5.41, 5.74) is 3.62. The van der Waals surface area contributed by atoms with Crippen LogP contribution in [-0.4, -0.2) is 12.6 Å². The molecule has 3 atom stereocenters. The van der Waals surface area contributed by atoms with E-state index >= 15 is 0 Å². The first-order valence-corrected chi connectivity index (χ1v) is 8.86. The third-order valence-corrected chi connectivity index (χ3v) is 6.77. The largest absolute Gasteiger partial charge is 0.458 e. The quantitative estimate of drug-likeness (QED) is 0.539. The first kappa shape index (κ1) is 15.8. The molecule has 1 fully saturated rings. The Kier molecular flexibility index (Phi) is 3.99. The van der Waals surface area contributed by atoms with Gasteiger partial charge in [-0.1, -0.05) is 38.8 Å². The van der Waals surface area contributed by atoms with Crippen molar-refractivity contribution in [1.82, 2.24) is 0 Å². The lowest BCUT2D eigenvalue weighted by Gasteiger charge is -2.57. The van der Waals surface area contributed by atoms with Crippen LogP contribution in [0.25, 0.3) is 0 Å². The number of hydrogen-bond donors (Lipinski definition) is 0. The zero-order valence-corrected chi connectivity index (χ0v) is 14.6. The molecule has 122 valence electrons. The van der Waals surface area contributed by atoms with E-state index in [1.54, 1.807) is 11.6 Å². The maximum Gasteiger partial charge on any atom is 0.331 e. The Morgan fingerprint density at radius 3 is 2.73 bits per heavy atom. The summed E-state index contributed by atoms with van der Waals surface area (Å²) in [6, 6.07) is 0. The predicted octanol–water partition coefficient (Wildman–Crippen LogP) is 5.05. The van der Waals surface area contributed by atoms with Crippen LogP contribution in [0.4, 0.5) is 0 Å². The van der Waals surface area contributed by atoms with Gasteiger partial charge in [0.05, 0.1) is 0 Å². The van der Waals surface area contributed by atoms with E-state index in [1.165, 1.54) is 31.3 Å². The lowest BCUT2D eigenvalue weighted by molar-refractivity contribution is -0.134. The number of carbonyl (C=O) groups is 1. The van der Waals surface area contributed by atoms with Crippen LogP contribution in [0.2, 0.25) is 0 Å². The highest BCUT2D eigenvalue weighted by Gasteiger charge is 2.51. The van der Waals surface area contributed by atoms with Crippen molar-refractivity contribution in [2.45, 2.75) is 66.2 Å². The van der Waals surface area contributed by atoms with Crippen molar-refractivity contribution in [3.05, 3.63) is 23.3 Å². The van der Waals surface area contributed by atoms with Gasteiger partial charge in [0.1, 0.15) is 6.61 Å². The Hall–Kier alpha value is -1.05. The number of cyclic esters (lactones) is 1. The van der Waals surface area contributed by atoms with E-state index in [0.29, 0.717) is 23.4 Å². The molecule has 1 saturated carbocycles. The van der Waals surface area contributed by atoms with Crippen LogP contribution < -0.4 is 0 Å². The molecule has 0 aromatic rings. The van der Waals surface area contributed by atoms with E-state index in [2.05, 4.69) is 33.8 Å². The number of hydrogen-bond acceptors (Lipinski definition) is 2. The second-order valence-electron chi connectivity index (χ2n) is 8.59. The lowest BCUT2D eigenvalue weighted by atomic mass is 9.48. The summed E-state index contributed by atoms with van der Waals surface area (Å²) in [5.74, 6) is 1.29. The van der Waals surface area contributed by atoms with Crippen LogP contribution in [0.3, 0.4) is 0 Å². The average Bonchev–Trinajstić information content (AvgIpc) is 2.82. The van der Waals surface area contributed by atoms with Gasteiger partial charge in [-0.3, -0.25) is 0 Å². The van der Waals surface area contributed by atoms with Crippen molar-refractivity contribution in [2.75, 3.05) is 6.61 Å². The normalized spacial score (nSPS) is 37.2. The highest BCUT2D eigenvalue weighted by molar-refractivity contribution is 5.85. The molecule has 1 aliphatic heterocycles. The summed E-state index contributed by atoms with van der Waals surface area (Å²) >= 11 is 0. The second kappa shape index (κ2) is 5.54. The van der Waals surface area contributed by atoms with Crippen molar-refractivity contribution >= 4 is 5.97 Å². The third kappa shape index (κ3) is 2.66. The van der Waals surface area contributed by atoms with Gasteiger partial charge in [0, 0.05) is 6.08 Å². The SMILES string of the molecule is CC1=CCC2C(C)(C)CCC[C@@]2(C)[C@@H]1CCC1=CC(=O)OC1. The van der Waals surface area contributed by atoms with Crippen molar-refractivity contribution in [3.8, 4) is 0 Å². The van der Waals surface area contributed by atoms with Gasteiger partial charge in [-0.25, -0.2) is 4.79 Å². The number of allylic oxidation sites excluding steroid dienone is 2. The van der Waals surface area contributed by atoms with E-state index in [-0.39, 0.29) is 5.97 Å². The Bertz CT molecular complexity index is 526. The number of fused-ring (bicyclic) bond motifs is 1. The number of carbonyl (C=O) groups excluding carboxylic acids is 1. The van der Waals surface area contributed by atoms with Gasteiger partial charge in [-0.2, -0.15) is 0 Å². The second-order valence-corrected chi connectivity index (χ2v) is 8.59. The third-order valence-electron chi connectivity index (χ3n) is 6.77. The van der Waals surface area contributed by atoms with Gasteiger partial charge in [0.2, 0.25) is 0 Å². The maximum absolute atomic E-state index is 11.2. The molecule has 1 unspecified atom stereocenters. The fourth-order valence-corrected chi connectivity index (χ4v) is 5.58. The van der Waals surface area contributed by atoms with Crippen molar-refractivity contribution < 1.29 is 9.53 Å². The monoisotopic (exact) mass is 302 g/mol. The predicted molar refractivity (Wildman–Crippen MR) is 89.4 cm³/mol. The molecule has 3 rings (SSSR count). The topological polar surface area (TPSA) is 26.3 Å². The average molecular weight is 302 g/mol. The van der Waals surface area contributed by atoms with Gasteiger partial charge in [0.25, 0.3) is 0 Å². The van der Waals surface area contributed by atoms with Crippen LogP contribution in [0, 0.1) is 22.7 Å². The van der Waals surface area contributed by atoms with Crippen molar-refractivity contribution in [3.63, 3.8) is 0 Å². The zero-order chi connectivity index (χ0) is 16.0. The molecular formula is C20H30O2. The van der Waals surface area contributed by atoms with Gasteiger partial charge in [-0.15, -0.1) is 0 Å². The van der Waals surface area contributed by atoms with Crippen molar-refractivity contribution in [2.24, 2.45) is 22.7 Å². The molecule has 2 nitrogen and oxygen atoms in total. The summed E-state index contributed by atoms with van der Waals surface area (Å²) in [6.07, 6.45) is 11.7. The molecule has 0 aromatic carbocycles. The summed E-state index contributed by atoms with van der Waals surface area (Å²) in [7, 11) is 0. The standard InChI is InChI=1S/C20H30O2/c1-14-6-9-17-19(2,3)10-5-11-20(17,4)16(14)8-7-15-12-18(21)22-13-15/h6,12,16-17H,5,7-11,13H2,1-4H3/t16-,17?,20+/m1/s1. The molecule has 0 bridgehead atoms. The molecule has 0 N–H and O–H groups in total. The minimum atomic E-state index is -0.159. The number of esters is 1. The lowest BCUT2D eigenvalue weighted by Crippen LogP contribution is -2.48. The molecular weight excluding hydrogens is 272 g/mol. The highest BCUT2D eigenvalue weighted by atomic mass is 16.5. The summed E-state index contributed by atoms with van der Waals surface area (Å²) in [4.78, 5) is 11.2. The van der Waals surface area contributed by atoms with Crippen LogP contribution in [0.5, 0.6) is 0 Å². The number of ether oxygens (including phenoxy) is 1. The fourth-order valence-electron chi connectivity index (χ4n) is 5.58. The van der Waals surface area contributed by atoms with Gasteiger partial charge < -0.3 is 4.74 Å². The summed E-state index contributed by atoms with van der Waals surface area (Å²) in [5, 5.41) is 0. The van der Waals surface area contributed by atoms with E-state index in [1.807, 2.05) is 0 Å². The van der Waals surface area contributed by atoms with Crippen LogP contribution >= 0.6 is 0 Å². The number of rotatable bonds is 3. The summed E-state index contributed by atoms with van der Waals surface area (Å²) < 4.78 is 5.05. The van der Waals surface area contributed by atoms with E-state index in [0.717, 1.165) is 18.8 Å². The Morgan fingerprint density at radius 1 is 1.27 bits per heavy atom. The summed E-state index contributed by atoms with van der Waals surface area (Å²) in [6.45, 7) is 10.3. The molecule has 0 spiro atoms.